The Kier molecular flexibility index (Phi) is 13.5. The summed E-state index contributed by atoms with van der Waals surface area (Å²) in [5.41, 5.74) is 10.7. The Hall–Kier alpha value is -4.14. The molecule has 2 unspecified atom stereocenters. The quantitative estimate of drug-likeness (QED) is 0.168. The van der Waals surface area contributed by atoms with Crippen LogP contribution in [0, 0.1) is 33.8 Å². The van der Waals surface area contributed by atoms with Crippen LogP contribution in [0.5, 0.6) is 0 Å². The minimum atomic E-state index is -0.375. The van der Waals surface area contributed by atoms with E-state index < -0.39 is 0 Å². The summed E-state index contributed by atoms with van der Waals surface area (Å²) in [6.07, 6.45) is 3.29. The van der Waals surface area contributed by atoms with Crippen LogP contribution in [0.15, 0.2) is 100 Å². The molecule has 0 spiro atoms. The van der Waals surface area contributed by atoms with Gasteiger partial charge in [-0.1, -0.05) is 59.5 Å². The van der Waals surface area contributed by atoms with E-state index in [2.05, 4.69) is 44.2 Å². The number of aryl methyl sites for hydroxylation is 4. The average Bonchev–Trinajstić information content (AvgIpc) is 3.64. The molecule has 0 saturated heterocycles. The fraction of sp³-hybridized carbons (Fsp3) is 0.220. The molecule has 8 rings (SSSR count). The smallest absolute Gasteiger partial charge is 0.144 e. The van der Waals surface area contributed by atoms with Crippen molar-refractivity contribution in [3.05, 3.63) is 120 Å². The number of hydrogen-bond donors (Lipinski definition) is 2. The van der Waals surface area contributed by atoms with Crippen LogP contribution in [0.2, 0.25) is 0 Å². The molecule has 0 amide bonds. The molecule has 0 aliphatic rings. The van der Waals surface area contributed by atoms with Gasteiger partial charge in [0, 0.05) is 85.7 Å². The molecule has 266 valence electrons. The molecule has 51 heavy (non-hydrogen) atoms. The zero-order valence-corrected chi connectivity index (χ0v) is 34.0. The number of para-hydroxylation sites is 3. The molecule has 8 aromatic rings. The minimum Gasteiger partial charge on any atom is -0.501 e. The molecular formula is C41H39Ir2N4O4-. The van der Waals surface area contributed by atoms with Crippen LogP contribution in [0.4, 0.5) is 0 Å². The van der Waals surface area contributed by atoms with E-state index in [-0.39, 0.29) is 52.4 Å². The minimum absolute atomic E-state index is 0. The predicted molar refractivity (Wildman–Crippen MR) is 195 cm³/mol. The van der Waals surface area contributed by atoms with Gasteiger partial charge in [0.2, 0.25) is 0 Å². The number of aliphatic hydroxyl groups is 2. The van der Waals surface area contributed by atoms with Crippen LogP contribution in [0.25, 0.3) is 66.4 Å². The summed E-state index contributed by atoms with van der Waals surface area (Å²) in [6, 6.07) is 29.5. The second-order valence-corrected chi connectivity index (χ2v) is 12.3. The van der Waals surface area contributed by atoms with Crippen LogP contribution >= 0.6 is 0 Å². The first-order valence-electron chi connectivity index (χ1n) is 16.3. The second kappa shape index (κ2) is 17.4. The Morgan fingerprint density at radius 3 is 1.63 bits per heavy atom. The number of furan rings is 2. The van der Waals surface area contributed by atoms with Gasteiger partial charge in [0.15, 0.2) is 0 Å². The van der Waals surface area contributed by atoms with E-state index in [9.17, 15) is 0 Å². The molecule has 0 aliphatic heterocycles. The number of benzene rings is 4. The first kappa shape index (κ1) is 39.6. The Labute approximate surface area is 324 Å². The SMILES string of the molecule is CC(O)CC(C)O.Cc1cnc(-c2[c-]ccc3c2oc2ccccc23)c(C)n1.Cc1cnc(-c2cccc3c2oc2ccccc23)c(C)n1.[Ir].[Ir]. The molecule has 8 nitrogen and oxygen atoms in total. The van der Waals surface area contributed by atoms with Gasteiger partial charge in [-0.3, -0.25) is 15.0 Å². The molecule has 10 heteroatoms. The third kappa shape index (κ3) is 8.85. The van der Waals surface area contributed by atoms with Gasteiger partial charge in [-0.2, -0.15) is 0 Å². The van der Waals surface area contributed by atoms with E-state index in [1.165, 1.54) is 0 Å². The zero-order valence-electron chi connectivity index (χ0n) is 29.2. The van der Waals surface area contributed by atoms with Crippen molar-refractivity contribution in [2.24, 2.45) is 0 Å². The van der Waals surface area contributed by atoms with Gasteiger partial charge in [-0.05, 0) is 66.2 Å². The number of fused-ring (bicyclic) bond motifs is 6. The van der Waals surface area contributed by atoms with E-state index >= 15 is 0 Å². The summed E-state index contributed by atoms with van der Waals surface area (Å²) in [5.74, 6) is 0. The van der Waals surface area contributed by atoms with Crippen molar-refractivity contribution in [1.82, 2.24) is 19.9 Å². The Morgan fingerprint density at radius 2 is 1.10 bits per heavy atom. The van der Waals surface area contributed by atoms with Crippen LogP contribution in [-0.4, -0.2) is 42.4 Å². The molecule has 0 fully saturated rings. The molecule has 4 aromatic heterocycles. The molecule has 0 aliphatic carbocycles. The monoisotopic (exact) mass is 1040 g/mol. The molecule has 0 saturated carbocycles. The summed E-state index contributed by atoms with van der Waals surface area (Å²) in [4.78, 5) is 18.1. The standard InChI is InChI=1S/C18H14N2O.C18H13N2O.C5H12O2.2Ir/c2*1-11-10-19-17(12(2)20-11)15-8-5-7-14-13-6-3-4-9-16(13)21-18(14)15;1-4(6)3-5(2)7;;/h3-10H,1-2H3;3-7,9-10H,1-2H3;4-7H,3H2,1-2H3;;/q;-1;;;. The average molecular weight is 1040 g/mol. The third-order valence-corrected chi connectivity index (χ3v) is 8.05. The van der Waals surface area contributed by atoms with Gasteiger partial charge in [0.1, 0.15) is 16.7 Å². The maximum Gasteiger partial charge on any atom is 0.144 e. The van der Waals surface area contributed by atoms with Crippen LogP contribution in [-0.2, 0) is 40.2 Å². The number of hydrogen-bond acceptors (Lipinski definition) is 8. The van der Waals surface area contributed by atoms with Gasteiger partial charge in [-0.15, -0.1) is 18.2 Å². The predicted octanol–water partition coefficient (Wildman–Crippen LogP) is 9.25. The maximum atomic E-state index is 8.56. The van der Waals surface area contributed by atoms with Crippen molar-refractivity contribution in [2.45, 2.75) is 60.2 Å². The third-order valence-electron chi connectivity index (χ3n) is 8.05. The largest absolute Gasteiger partial charge is 0.501 e. The molecule has 2 atom stereocenters. The van der Waals surface area contributed by atoms with E-state index in [4.69, 9.17) is 19.0 Å². The topological polar surface area (TPSA) is 118 Å². The fourth-order valence-corrected chi connectivity index (χ4v) is 6.00. The number of aromatic nitrogens is 4. The number of rotatable bonds is 4. The molecule has 0 bridgehead atoms. The Morgan fingerprint density at radius 1 is 0.608 bits per heavy atom. The van der Waals surface area contributed by atoms with E-state index in [0.717, 1.165) is 89.2 Å². The first-order chi connectivity index (χ1) is 23.6. The second-order valence-electron chi connectivity index (χ2n) is 12.3. The molecular weight excluding hydrogens is 997 g/mol. The summed E-state index contributed by atoms with van der Waals surface area (Å²) in [6.45, 7) is 11.2. The molecule has 2 N–H and O–H groups in total. The Balaban J connectivity index is 0.000000188. The van der Waals surface area contributed by atoms with Crippen molar-refractivity contribution < 1.29 is 59.3 Å². The summed E-state index contributed by atoms with van der Waals surface area (Å²) in [5, 5.41) is 21.6. The van der Waals surface area contributed by atoms with E-state index in [1.54, 1.807) is 26.2 Å². The summed E-state index contributed by atoms with van der Waals surface area (Å²) in [7, 11) is 0. The van der Waals surface area contributed by atoms with Crippen molar-refractivity contribution in [2.75, 3.05) is 0 Å². The Bertz CT molecular complexity index is 2230. The van der Waals surface area contributed by atoms with Crippen molar-refractivity contribution in [3.63, 3.8) is 0 Å². The van der Waals surface area contributed by atoms with Gasteiger partial charge < -0.3 is 24.0 Å². The van der Waals surface area contributed by atoms with Gasteiger partial charge >= 0.3 is 0 Å². The zero-order chi connectivity index (χ0) is 34.7. The normalized spacial score (nSPS) is 11.9. The van der Waals surface area contributed by atoms with Gasteiger partial charge in [-0.25, -0.2) is 0 Å². The molecule has 4 aromatic carbocycles. The van der Waals surface area contributed by atoms with Crippen molar-refractivity contribution in [3.8, 4) is 22.5 Å². The van der Waals surface area contributed by atoms with E-state index in [1.807, 2.05) is 88.4 Å². The van der Waals surface area contributed by atoms with Crippen molar-refractivity contribution >= 4 is 43.9 Å². The van der Waals surface area contributed by atoms with Crippen LogP contribution < -0.4 is 0 Å². The number of nitrogens with zero attached hydrogens (tertiary/aromatic N) is 4. The van der Waals surface area contributed by atoms with Crippen molar-refractivity contribution in [1.29, 1.82) is 0 Å². The first-order valence-corrected chi connectivity index (χ1v) is 16.3. The number of aliphatic hydroxyl groups excluding tert-OH is 2. The summed E-state index contributed by atoms with van der Waals surface area (Å²) < 4.78 is 12.1. The molecule has 4 heterocycles. The van der Waals surface area contributed by atoms with Gasteiger partial charge in [0.05, 0.1) is 40.6 Å². The van der Waals surface area contributed by atoms with Crippen LogP contribution in [0.3, 0.4) is 0 Å². The van der Waals surface area contributed by atoms with Gasteiger partial charge in [0.25, 0.3) is 0 Å². The molecule has 2 radical (unpaired) electrons. The fourth-order valence-electron chi connectivity index (χ4n) is 6.00. The van der Waals surface area contributed by atoms with E-state index in [0.29, 0.717) is 6.42 Å². The maximum absolute atomic E-state index is 8.56. The van der Waals surface area contributed by atoms with Crippen LogP contribution in [0.1, 0.15) is 43.0 Å². The summed E-state index contributed by atoms with van der Waals surface area (Å²) >= 11 is 0.